The molecule has 1 fully saturated rings. The Bertz CT molecular complexity index is 351. The van der Waals surface area contributed by atoms with Gasteiger partial charge in [0.25, 0.3) is 0 Å². The number of carboxylic acids is 1. The molecule has 7 nitrogen and oxygen atoms in total. The van der Waals surface area contributed by atoms with Crippen molar-refractivity contribution < 1.29 is 24.4 Å². The van der Waals surface area contributed by atoms with Crippen molar-refractivity contribution in [3.8, 4) is 0 Å². The Balaban J connectivity index is 2.35. The van der Waals surface area contributed by atoms with E-state index in [2.05, 4.69) is 12.4 Å². The van der Waals surface area contributed by atoms with Crippen LogP contribution in [0.3, 0.4) is 0 Å². The molecule has 0 aromatic heterocycles. The van der Waals surface area contributed by atoms with Gasteiger partial charge in [0.1, 0.15) is 0 Å². The van der Waals surface area contributed by atoms with Gasteiger partial charge < -0.3 is 19.7 Å². The van der Waals surface area contributed by atoms with E-state index in [0.29, 0.717) is 0 Å². The molecule has 1 rings (SSSR count). The Morgan fingerprint density at radius 2 is 1.84 bits per heavy atom. The van der Waals surface area contributed by atoms with E-state index in [4.69, 9.17) is 0 Å². The maximum Gasteiger partial charge on any atom is 0.324 e. The van der Waals surface area contributed by atoms with Crippen LogP contribution in [0.1, 0.15) is 25.7 Å². The highest BCUT2D eigenvalue weighted by molar-refractivity contribution is 5.95. The van der Waals surface area contributed by atoms with Crippen molar-refractivity contribution in [1.29, 1.82) is 0 Å². The molecule has 0 saturated carbocycles. The van der Waals surface area contributed by atoms with Gasteiger partial charge in [0.2, 0.25) is 5.91 Å². The standard InChI is InChI=1S/C12H21N3O4/c1-14-7-5-9(6-8-14)15(2)12(19)13-10(16)3-4-11(17)18/h9H,3-8H2,1-2H3,(H,17,18)(H,13,16,19). The fourth-order valence-electron chi connectivity index (χ4n) is 2.13. The fraction of sp³-hybridized carbons (Fsp3) is 0.750. The topological polar surface area (TPSA) is 94.0 Å². The lowest BCUT2D eigenvalue weighted by molar-refractivity contribution is -0.885. The van der Waals surface area contributed by atoms with Gasteiger partial charge in [-0.15, -0.1) is 0 Å². The predicted molar refractivity (Wildman–Crippen MR) is 65.2 cm³/mol. The number of nitrogens with zero attached hydrogens (tertiary/aromatic N) is 1. The second kappa shape index (κ2) is 7.08. The third kappa shape index (κ3) is 5.25. The van der Waals surface area contributed by atoms with E-state index in [1.165, 1.54) is 9.80 Å². The van der Waals surface area contributed by atoms with Gasteiger partial charge in [0.05, 0.1) is 20.1 Å². The van der Waals surface area contributed by atoms with Gasteiger partial charge in [-0.2, -0.15) is 0 Å². The maximum absolute atomic E-state index is 11.8. The lowest BCUT2D eigenvalue weighted by Crippen LogP contribution is -3.10. The van der Waals surface area contributed by atoms with Crippen molar-refractivity contribution in [3.05, 3.63) is 0 Å². The minimum absolute atomic E-state index is 0.137. The number of rotatable bonds is 4. The molecule has 0 spiro atoms. The number of likely N-dealkylation sites (tertiary alicyclic amines) is 1. The van der Waals surface area contributed by atoms with Gasteiger partial charge in [0, 0.05) is 38.3 Å². The van der Waals surface area contributed by atoms with Crippen LogP contribution < -0.4 is 15.3 Å². The number of amides is 3. The number of hydrogen-bond acceptors (Lipinski definition) is 4. The van der Waals surface area contributed by atoms with E-state index in [1.807, 2.05) is 0 Å². The average molecular weight is 271 g/mol. The monoisotopic (exact) mass is 271 g/mol. The first kappa shape index (κ1) is 15.4. The highest BCUT2D eigenvalue weighted by Gasteiger charge is 2.26. The van der Waals surface area contributed by atoms with E-state index >= 15 is 0 Å². The predicted octanol–water partition coefficient (Wildman–Crippen LogP) is -2.64. The first-order chi connectivity index (χ1) is 8.90. The molecule has 1 aliphatic rings. The highest BCUT2D eigenvalue weighted by Crippen LogP contribution is 2.07. The zero-order valence-corrected chi connectivity index (χ0v) is 11.4. The summed E-state index contributed by atoms with van der Waals surface area (Å²) in [6, 6.07) is -0.328. The molecule has 108 valence electrons. The van der Waals surface area contributed by atoms with Gasteiger partial charge >= 0.3 is 6.03 Å². The summed E-state index contributed by atoms with van der Waals surface area (Å²) >= 11 is 0. The van der Waals surface area contributed by atoms with Crippen molar-refractivity contribution in [2.24, 2.45) is 0 Å². The van der Waals surface area contributed by atoms with Gasteiger partial charge in [-0.25, -0.2) is 4.79 Å². The van der Waals surface area contributed by atoms with Crippen molar-refractivity contribution in [1.82, 2.24) is 10.2 Å². The van der Waals surface area contributed by atoms with Gasteiger partial charge in [-0.05, 0) is 6.42 Å². The van der Waals surface area contributed by atoms with E-state index in [-0.39, 0.29) is 18.9 Å². The number of carbonyl (C=O) groups is 3. The smallest absolute Gasteiger partial charge is 0.324 e. The summed E-state index contributed by atoms with van der Waals surface area (Å²) in [5, 5.41) is 12.4. The number of nitrogens with one attached hydrogen (secondary N) is 2. The van der Waals surface area contributed by atoms with E-state index < -0.39 is 17.9 Å². The first-order valence-corrected chi connectivity index (χ1v) is 6.48. The Kier molecular flexibility index (Phi) is 5.75. The fourth-order valence-corrected chi connectivity index (χ4v) is 2.13. The van der Waals surface area contributed by atoms with Crippen LogP contribution in [0.25, 0.3) is 0 Å². The largest absolute Gasteiger partial charge is 0.550 e. The minimum atomic E-state index is -1.30. The molecule has 0 atom stereocenters. The lowest BCUT2D eigenvalue weighted by Gasteiger charge is -2.33. The normalized spacial score (nSPS) is 22.6. The van der Waals surface area contributed by atoms with Crippen LogP contribution >= 0.6 is 0 Å². The molecule has 1 aliphatic heterocycles. The summed E-state index contributed by atoms with van der Waals surface area (Å²) in [5.74, 6) is -1.88. The number of piperidine rings is 1. The van der Waals surface area contributed by atoms with E-state index in [1.54, 1.807) is 7.05 Å². The lowest BCUT2D eigenvalue weighted by atomic mass is 10.0. The Hall–Kier alpha value is -1.63. The molecule has 0 aliphatic carbocycles. The average Bonchev–Trinajstić information content (AvgIpc) is 2.36. The molecule has 7 heteroatoms. The number of quaternary nitrogens is 1. The second-order valence-corrected chi connectivity index (χ2v) is 5.02. The Morgan fingerprint density at radius 3 is 2.37 bits per heavy atom. The summed E-state index contributed by atoms with van der Waals surface area (Å²) in [5.41, 5.74) is 0. The van der Waals surface area contributed by atoms with E-state index in [0.717, 1.165) is 25.9 Å². The molecule has 0 aromatic rings. The van der Waals surface area contributed by atoms with Crippen LogP contribution in [0.5, 0.6) is 0 Å². The molecule has 1 saturated heterocycles. The van der Waals surface area contributed by atoms with Gasteiger partial charge in [0.15, 0.2) is 0 Å². The summed E-state index contributed by atoms with van der Waals surface area (Å²) in [6.07, 6.45) is 1.20. The first-order valence-electron chi connectivity index (χ1n) is 6.48. The quantitative estimate of drug-likeness (QED) is 0.584. The Labute approximate surface area is 112 Å². The number of hydrogen-bond donors (Lipinski definition) is 2. The van der Waals surface area contributed by atoms with Crippen molar-refractivity contribution in [2.45, 2.75) is 31.7 Å². The molecule has 0 aromatic carbocycles. The molecule has 3 amide bonds. The molecule has 0 unspecified atom stereocenters. The number of aliphatic carboxylic acids is 1. The van der Waals surface area contributed by atoms with Crippen LogP contribution in [0.4, 0.5) is 4.79 Å². The summed E-state index contributed by atoms with van der Waals surface area (Å²) in [4.78, 5) is 36.3. The maximum atomic E-state index is 11.8. The van der Waals surface area contributed by atoms with Gasteiger partial charge in [-0.3, -0.25) is 10.1 Å². The van der Waals surface area contributed by atoms with Crippen LogP contribution in [0.15, 0.2) is 0 Å². The van der Waals surface area contributed by atoms with Crippen LogP contribution in [-0.4, -0.2) is 56.0 Å². The van der Waals surface area contributed by atoms with Crippen LogP contribution in [-0.2, 0) is 9.59 Å². The number of carboxylic acid groups (broad SMARTS) is 1. The molecule has 1 heterocycles. The molecular formula is C12H21N3O4. The van der Waals surface area contributed by atoms with Crippen molar-refractivity contribution >= 4 is 17.9 Å². The third-order valence-electron chi connectivity index (χ3n) is 3.48. The number of imide groups is 1. The second-order valence-electron chi connectivity index (χ2n) is 5.02. The number of urea groups is 1. The van der Waals surface area contributed by atoms with Crippen molar-refractivity contribution in [2.75, 3.05) is 27.2 Å². The molecule has 19 heavy (non-hydrogen) atoms. The summed E-state index contributed by atoms with van der Waals surface area (Å²) < 4.78 is 0. The minimum Gasteiger partial charge on any atom is -0.550 e. The van der Waals surface area contributed by atoms with Crippen LogP contribution in [0.2, 0.25) is 0 Å². The van der Waals surface area contributed by atoms with Crippen LogP contribution in [0, 0.1) is 0 Å². The molecular weight excluding hydrogens is 250 g/mol. The van der Waals surface area contributed by atoms with Crippen molar-refractivity contribution in [3.63, 3.8) is 0 Å². The third-order valence-corrected chi connectivity index (χ3v) is 3.48. The van der Waals surface area contributed by atoms with E-state index in [9.17, 15) is 19.5 Å². The SMILES string of the molecule is CN(C(=O)NC(=O)CCC(=O)[O-])C1CC[NH+](C)CC1. The summed E-state index contributed by atoms with van der Waals surface area (Å²) in [7, 11) is 3.77. The molecule has 0 bridgehead atoms. The highest BCUT2D eigenvalue weighted by atomic mass is 16.4. The summed E-state index contributed by atoms with van der Waals surface area (Å²) in [6.45, 7) is 2.00. The molecule has 0 radical (unpaired) electrons. The number of carbonyl (C=O) groups excluding carboxylic acids is 3. The molecule has 2 N–H and O–H groups in total. The Morgan fingerprint density at radius 1 is 1.26 bits per heavy atom. The zero-order valence-electron chi connectivity index (χ0n) is 11.4. The van der Waals surface area contributed by atoms with Gasteiger partial charge in [-0.1, -0.05) is 0 Å². The zero-order chi connectivity index (χ0) is 14.4.